The number of hydrogen-bond donors (Lipinski definition) is 0. The highest BCUT2D eigenvalue weighted by atomic mass is 16.2. The molecule has 16 heavy (non-hydrogen) atoms. The highest BCUT2D eigenvalue weighted by Crippen LogP contribution is 2.40. The zero-order chi connectivity index (χ0) is 11.9. The maximum absolute atomic E-state index is 12.3. The standard InChI is InChI=1S/C14H17NO/c1-5-10-11-8-6-7-9-12(11)15(13(10)16)14(2,3)4/h5-9H,1-4H3. The molecule has 84 valence electrons. The summed E-state index contributed by atoms with van der Waals surface area (Å²) in [5.74, 6) is 0.108. The van der Waals surface area contributed by atoms with Gasteiger partial charge in [-0.3, -0.25) is 4.79 Å². The Kier molecular flexibility index (Phi) is 2.38. The van der Waals surface area contributed by atoms with Gasteiger partial charge in [-0.2, -0.15) is 0 Å². The summed E-state index contributed by atoms with van der Waals surface area (Å²) in [6.45, 7) is 8.08. The minimum absolute atomic E-state index is 0.108. The largest absolute Gasteiger partial charge is 0.302 e. The van der Waals surface area contributed by atoms with Crippen molar-refractivity contribution in [3.8, 4) is 0 Å². The molecule has 0 saturated carbocycles. The number of benzene rings is 1. The van der Waals surface area contributed by atoms with Gasteiger partial charge in [0, 0.05) is 16.7 Å². The van der Waals surface area contributed by atoms with Gasteiger partial charge >= 0.3 is 0 Å². The van der Waals surface area contributed by atoms with E-state index < -0.39 is 0 Å². The molecule has 1 heterocycles. The molecule has 0 aromatic heterocycles. The maximum Gasteiger partial charge on any atom is 0.259 e. The van der Waals surface area contributed by atoms with Crippen LogP contribution in [0.2, 0.25) is 0 Å². The summed E-state index contributed by atoms with van der Waals surface area (Å²) in [7, 11) is 0. The van der Waals surface area contributed by atoms with Crippen molar-refractivity contribution in [1.82, 2.24) is 0 Å². The lowest BCUT2D eigenvalue weighted by atomic mass is 10.1. The molecule has 1 aromatic carbocycles. The first-order valence-electron chi connectivity index (χ1n) is 5.57. The lowest BCUT2D eigenvalue weighted by Crippen LogP contribution is -2.43. The van der Waals surface area contributed by atoms with Crippen LogP contribution in [0.1, 0.15) is 33.3 Å². The van der Waals surface area contributed by atoms with Crippen molar-refractivity contribution < 1.29 is 4.79 Å². The number of anilines is 1. The van der Waals surface area contributed by atoms with Crippen LogP contribution in [0.5, 0.6) is 0 Å². The monoisotopic (exact) mass is 215 g/mol. The average Bonchev–Trinajstić information content (AvgIpc) is 2.48. The van der Waals surface area contributed by atoms with Crippen LogP contribution in [0.25, 0.3) is 5.57 Å². The summed E-state index contributed by atoms with van der Waals surface area (Å²) in [6, 6.07) is 7.97. The van der Waals surface area contributed by atoms with Crippen LogP contribution < -0.4 is 4.90 Å². The molecule has 1 amide bonds. The van der Waals surface area contributed by atoms with Crippen LogP contribution >= 0.6 is 0 Å². The molecule has 0 saturated heterocycles. The number of carbonyl (C=O) groups excluding carboxylic acids is 1. The van der Waals surface area contributed by atoms with Gasteiger partial charge in [0.25, 0.3) is 5.91 Å². The highest BCUT2D eigenvalue weighted by Gasteiger charge is 2.37. The van der Waals surface area contributed by atoms with E-state index in [1.165, 1.54) is 0 Å². The van der Waals surface area contributed by atoms with Gasteiger partial charge in [-0.15, -0.1) is 0 Å². The Bertz CT molecular complexity index is 466. The summed E-state index contributed by atoms with van der Waals surface area (Å²) in [5, 5.41) is 0. The van der Waals surface area contributed by atoms with Crippen molar-refractivity contribution in [3.05, 3.63) is 35.9 Å². The molecule has 0 atom stereocenters. The van der Waals surface area contributed by atoms with E-state index in [-0.39, 0.29) is 11.4 Å². The van der Waals surface area contributed by atoms with Crippen molar-refractivity contribution in [2.24, 2.45) is 0 Å². The molecule has 0 aliphatic carbocycles. The van der Waals surface area contributed by atoms with E-state index in [0.717, 1.165) is 16.8 Å². The summed E-state index contributed by atoms with van der Waals surface area (Å²) in [4.78, 5) is 14.2. The van der Waals surface area contributed by atoms with E-state index in [1.54, 1.807) is 0 Å². The molecular weight excluding hydrogens is 198 g/mol. The Morgan fingerprint density at radius 3 is 2.38 bits per heavy atom. The molecule has 2 nitrogen and oxygen atoms in total. The molecule has 0 spiro atoms. The first-order valence-corrected chi connectivity index (χ1v) is 5.57. The SMILES string of the molecule is CC=C1C(=O)N(C(C)(C)C)c2ccccc21. The zero-order valence-electron chi connectivity index (χ0n) is 10.2. The van der Waals surface area contributed by atoms with Gasteiger partial charge in [0.2, 0.25) is 0 Å². The lowest BCUT2D eigenvalue weighted by molar-refractivity contribution is -0.113. The van der Waals surface area contributed by atoms with Gasteiger partial charge in [-0.1, -0.05) is 24.3 Å². The van der Waals surface area contributed by atoms with Crippen LogP contribution in [0, 0.1) is 0 Å². The van der Waals surface area contributed by atoms with Gasteiger partial charge in [0.15, 0.2) is 0 Å². The molecule has 2 rings (SSSR count). The number of allylic oxidation sites excluding steroid dienone is 1. The van der Waals surface area contributed by atoms with Crippen molar-refractivity contribution >= 4 is 17.2 Å². The topological polar surface area (TPSA) is 20.3 Å². The minimum Gasteiger partial charge on any atom is -0.302 e. The number of amides is 1. The molecule has 0 unspecified atom stereocenters. The van der Waals surface area contributed by atoms with E-state index >= 15 is 0 Å². The number of fused-ring (bicyclic) bond motifs is 1. The maximum atomic E-state index is 12.3. The normalized spacial score (nSPS) is 18.1. The van der Waals surface area contributed by atoms with Gasteiger partial charge in [0.05, 0.1) is 5.69 Å². The number of nitrogens with zero attached hydrogens (tertiary/aromatic N) is 1. The fourth-order valence-electron chi connectivity index (χ4n) is 2.19. The van der Waals surface area contributed by atoms with Crippen molar-refractivity contribution in [3.63, 3.8) is 0 Å². The van der Waals surface area contributed by atoms with E-state index in [9.17, 15) is 4.79 Å². The molecular formula is C14H17NO. The second-order valence-electron chi connectivity index (χ2n) is 5.03. The molecule has 0 bridgehead atoms. The van der Waals surface area contributed by atoms with Crippen molar-refractivity contribution in [1.29, 1.82) is 0 Å². The molecule has 1 aromatic rings. The van der Waals surface area contributed by atoms with Crippen molar-refractivity contribution in [2.75, 3.05) is 4.90 Å². The Morgan fingerprint density at radius 2 is 1.81 bits per heavy atom. The number of para-hydroxylation sites is 1. The highest BCUT2D eigenvalue weighted by molar-refractivity contribution is 6.32. The number of hydrogen-bond acceptors (Lipinski definition) is 1. The van der Waals surface area contributed by atoms with Gasteiger partial charge < -0.3 is 4.90 Å². The molecule has 1 aliphatic heterocycles. The smallest absolute Gasteiger partial charge is 0.259 e. The zero-order valence-corrected chi connectivity index (χ0v) is 10.2. The first kappa shape index (κ1) is 10.9. The van der Waals surface area contributed by atoms with E-state index in [2.05, 4.69) is 20.8 Å². The van der Waals surface area contributed by atoms with Gasteiger partial charge in [-0.25, -0.2) is 0 Å². The van der Waals surface area contributed by atoms with Crippen LogP contribution in [-0.2, 0) is 4.79 Å². The summed E-state index contributed by atoms with van der Waals surface area (Å²) in [5.41, 5.74) is 2.70. The van der Waals surface area contributed by atoms with Crippen LogP contribution in [0.4, 0.5) is 5.69 Å². The van der Waals surface area contributed by atoms with Gasteiger partial charge in [0.1, 0.15) is 0 Å². The summed E-state index contributed by atoms with van der Waals surface area (Å²) in [6.07, 6.45) is 1.90. The summed E-state index contributed by atoms with van der Waals surface area (Å²) < 4.78 is 0. The first-order chi connectivity index (χ1) is 7.46. The number of rotatable bonds is 0. The third kappa shape index (κ3) is 1.45. The molecule has 0 radical (unpaired) electrons. The van der Waals surface area contributed by atoms with Crippen LogP contribution in [0.3, 0.4) is 0 Å². The Labute approximate surface area is 96.6 Å². The molecule has 0 fully saturated rings. The fourth-order valence-corrected chi connectivity index (χ4v) is 2.19. The molecule has 2 heteroatoms. The average molecular weight is 215 g/mol. The molecule has 0 N–H and O–H groups in total. The third-order valence-corrected chi connectivity index (χ3v) is 2.83. The predicted octanol–water partition coefficient (Wildman–Crippen LogP) is 3.24. The second kappa shape index (κ2) is 3.48. The van der Waals surface area contributed by atoms with Gasteiger partial charge in [-0.05, 0) is 33.8 Å². The molecule has 1 aliphatic rings. The fraction of sp³-hybridized carbons (Fsp3) is 0.357. The quantitative estimate of drug-likeness (QED) is 0.608. The Morgan fingerprint density at radius 1 is 1.19 bits per heavy atom. The Balaban J connectivity index is 2.65. The van der Waals surface area contributed by atoms with E-state index in [1.807, 2.05) is 42.2 Å². The van der Waals surface area contributed by atoms with Crippen LogP contribution in [-0.4, -0.2) is 11.4 Å². The second-order valence-corrected chi connectivity index (χ2v) is 5.03. The third-order valence-electron chi connectivity index (χ3n) is 2.83. The number of carbonyl (C=O) groups is 1. The Hall–Kier alpha value is -1.57. The lowest BCUT2D eigenvalue weighted by Gasteiger charge is -2.32. The minimum atomic E-state index is -0.183. The van der Waals surface area contributed by atoms with Crippen molar-refractivity contribution in [2.45, 2.75) is 33.2 Å². The van der Waals surface area contributed by atoms with E-state index in [0.29, 0.717) is 0 Å². The van der Waals surface area contributed by atoms with E-state index in [4.69, 9.17) is 0 Å². The predicted molar refractivity (Wildman–Crippen MR) is 67.3 cm³/mol. The summed E-state index contributed by atoms with van der Waals surface area (Å²) >= 11 is 0. The van der Waals surface area contributed by atoms with Crippen LogP contribution in [0.15, 0.2) is 30.3 Å².